The van der Waals surface area contributed by atoms with E-state index in [2.05, 4.69) is 17.7 Å². The van der Waals surface area contributed by atoms with Crippen LogP contribution >= 0.6 is 0 Å². The van der Waals surface area contributed by atoms with E-state index in [9.17, 15) is 0 Å². The Kier molecular flexibility index (Phi) is 2.83. The maximum atomic E-state index is 3.31. The van der Waals surface area contributed by atoms with Crippen molar-refractivity contribution in [2.75, 3.05) is 0 Å². The molecule has 0 aromatic rings. The molecular formula is C2H11NSi2. The molecule has 0 unspecified atom stereocenters. The van der Waals surface area contributed by atoms with E-state index in [-0.39, 0.29) is 8.96 Å². The summed E-state index contributed by atoms with van der Waals surface area (Å²) >= 11 is 0. The second-order valence-corrected chi connectivity index (χ2v) is 6.06. The number of hydrogen-bond donors (Lipinski definition) is 1. The zero-order valence-electron chi connectivity index (χ0n) is 4.08. The van der Waals surface area contributed by atoms with Crippen LogP contribution in [0.1, 0.15) is 0 Å². The van der Waals surface area contributed by atoms with Gasteiger partial charge in [0, 0.05) is 0 Å². The first kappa shape index (κ1) is 5.39. The van der Waals surface area contributed by atoms with E-state index in [1.54, 1.807) is 0 Å². The Morgan fingerprint density at radius 1 is 1.60 bits per heavy atom. The van der Waals surface area contributed by atoms with Gasteiger partial charge in [0.25, 0.3) is 0 Å². The molecule has 0 aromatic heterocycles. The van der Waals surface area contributed by atoms with Crippen LogP contribution in [0.4, 0.5) is 0 Å². The molecule has 0 radical (unpaired) electrons. The van der Waals surface area contributed by atoms with Gasteiger partial charge in [-0.05, 0) is 0 Å². The lowest BCUT2D eigenvalue weighted by Gasteiger charge is -1.92. The smallest absolute Gasteiger partial charge is 0.0950 e. The molecule has 0 aliphatic heterocycles. The van der Waals surface area contributed by atoms with Gasteiger partial charge >= 0.3 is 0 Å². The van der Waals surface area contributed by atoms with Gasteiger partial charge in [-0.1, -0.05) is 13.1 Å². The van der Waals surface area contributed by atoms with Crippen LogP contribution in [-0.2, 0) is 0 Å². The normalized spacial score (nSPS) is 10.2. The second-order valence-electron chi connectivity index (χ2n) is 1.44. The first-order chi connectivity index (χ1) is 2.27. The standard InChI is InChI=1S/C2H11NSi2/c1-5(2)3-4/h3,5H,1-2,4H3. The van der Waals surface area contributed by atoms with Gasteiger partial charge in [0.2, 0.25) is 0 Å². The molecule has 1 N–H and O–H groups in total. The van der Waals surface area contributed by atoms with E-state index in [4.69, 9.17) is 0 Å². The zero-order valence-corrected chi connectivity index (χ0v) is 7.23. The molecule has 3 heteroatoms. The zero-order chi connectivity index (χ0) is 4.28. The van der Waals surface area contributed by atoms with Gasteiger partial charge < -0.3 is 4.65 Å². The minimum atomic E-state index is -0.338. The molecule has 0 saturated carbocycles. The lowest BCUT2D eigenvalue weighted by molar-refractivity contribution is 1.54. The lowest BCUT2D eigenvalue weighted by atomic mass is 11.9. The largest absolute Gasteiger partial charge is 0.369 e. The molecule has 0 fully saturated rings. The van der Waals surface area contributed by atoms with Crippen LogP contribution in [0.15, 0.2) is 0 Å². The fourth-order valence-electron chi connectivity index (χ4n) is 0. The average molecular weight is 105 g/mol. The molecule has 0 aromatic carbocycles. The van der Waals surface area contributed by atoms with E-state index in [1.807, 2.05) is 0 Å². The van der Waals surface area contributed by atoms with Gasteiger partial charge in [0.05, 0.1) is 19.4 Å². The molecule has 0 rings (SSSR count). The predicted octanol–water partition coefficient (Wildman–Crippen LogP) is -1.16. The van der Waals surface area contributed by atoms with Crippen molar-refractivity contribution in [1.82, 2.24) is 4.65 Å². The fourth-order valence-corrected chi connectivity index (χ4v) is 0. The van der Waals surface area contributed by atoms with Gasteiger partial charge in [0.15, 0.2) is 0 Å². The highest BCUT2D eigenvalue weighted by Gasteiger charge is 1.80. The van der Waals surface area contributed by atoms with E-state index in [1.165, 1.54) is 10.4 Å². The Balaban J connectivity index is 2.54. The SMILES string of the molecule is C[SiH](C)N[SiH3]. The Morgan fingerprint density at radius 2 is 1.80 bits per heavy atom. The number of nitrogens with one attached hydrogen (secondary N) is 1. The highest BCUT2D eigenvalue weighted by molar-refractivity contribution is 6.58. The summed E-state index contributed by atoms with van der Waals surface area (Å²) in [5.41, 5.74) is 0. The van der Waals surface area contributed by atoms with Crippen molar-refractivity contribution < 1.29 is 0 Å². The van der Waals surface area contributed by atoms with Crippen LogP contribution in [0.25, 0.3) is 0 Å². The van der Waals surface area contributed by atoms with Gasteiger partial charge in [-0.2, -0.15) is 0 Å². The van der Waals surface area contributed by atoms with Crippen LogP contribution < -0.4 is 4.65 Å². The van der Waals surface area contributed by atoms with Crippen molar-refractivity contribution in [3.8, 4) is 0 Å². The van der Waals surface area contributed by atoms with Crippen molar-refractivity contribution in [2.24, 2.45) is 0 Å². The van der Waals surface area contributed by atoms with Gasteiger partial charge in [-0.25, -0.2) is 0 Å². The van der Waals surface area contributed by atoms with E-state index in [0.29, 0.717) is 0 Å². The summed E-state index contributed by atoms with van der Waals surface area (Å²) in [4.78, 5) is 0. The van der Waals surface area contributed by atoms with E-state index < -0.39 is 0 Å². The summed E-state index contributed by atoms with van der Waals surface area (Å²) < 4.78 is 3.31. The Hall–Kier alpha value is 0.394. The molecule has 5 heavy (non-hydrogen) atoms. The molecular weight excluding hydrogens is 94.2 g/mol. The summed E-state index contributed by atoms with van der Waals surface area (Å²) in [5, 5.41) is 0. The van der Waals surface area contributed by atoms with Crippen molar-refractivity contribution in [2.45, 2.75) is 13.1 Å². The molecule has 0 amide bonds. The van der Waals surface area contributed by atoms with Crippen molar-refractivity contribution in [3.63, 3.8) is 0 Å². The van der Waals surface area contributed by atoms with Gasteiger partial charge in [-0.3, -0.25) is 0 Å². The molecule has 0 atom stereocenters. The highest BCUT2D eigenvalue weighted by Crippen LogP contribution is 1.61. The Bertz CT molecular complexity index is 21.6. The number of rotatable bonds is 1. The summed E-state index contributed by atoms with van der Waals surface area (Å²) in [5.74, 6) is 0. The topological polar surface area (TPSA) is 12.0 Å². The minimum Gasteiger partial charge on any atom is -0.369 e. The van der Waals surface area contributed by atoms with Crippen LogP contribution in [0.2, 0.25) is 13.1 Å². The molecule has 0 aliphatic carbocycles. The van der Waals surface area contributed by atoms with E-state index >= 15 is 0 Å². The van der Waals surface area contributed by atoms with Crippen LogP contribution in [0.3, 0.4) is 0 Å². The van der Waals surface area contributed by atoms with Crippen molar-refractivity contribution >= 4 is 19.4 Å². The quantitative estimate of drug-likeness (QED) is 0.415. The first-order valence-corrected chi connectivity index (χ1v) is 5.83. The predicted molar refractivity (Wildman–Crippen MR) is 32.0 cm³/mol. The molecule has 0 saturated heterocycles. The van der Waals surface area contributed by atoms with Crippen molar-refractivity contribution in [1.29, 1.82) is 0 Å². The third-order valence-electron chi connectivity index (χ3n) is 0.577. The van der Waals surface area contributed by atoms with Crippen LogP contribution in [0, 0.1) is 0 Å². The van der Waals surface area contributed by atoms with Gasteiger partial charge in [-0.15, -0.1) is 0 Å². The Labute approximate surface area is 38.0 Å². The molecule has 0 heterocycles. The van der Waals surface area contributed by atoms with Crippen LogP contribution in [-0.4, -0.2) is 19.4 Å². The summed E-state index contributed by atoms with van der Waals surface area (Å²) in [6, 6.07) is 0. The third-order valence-corrected chi connectivity index (χ3v) is 5.20. The third kappa shape index (κ3) is 4.39. The second kappa shape index (κ2) is 2.62. The minimum absolute atomic E-state index is 0.338. The monoisotopic (exact) mass is 105 g/mol. The highest BCUT2D eigenvalue weighted by atomic mass is 28.3. The molecule has 1 nitrogen and oxygen atoms in total. The van der Waals surface area contributed by atoms with Gasteiger partial charge in [0.1, 0.15) is 0 Å². The molecule has 0 aliphatic rings. The van der Waals surface area contributed by atoms with E-state index in [0.717, 1.165) is 0 Å². The molecule has 0 spiro atoms. The fraction of sp³-hybridized carbons (Fsp3) is 1.00. The maximum Gasteiger partial charge on any atom is 0.0950 e. The summed E-state index contributed by atoms with van der Waals surface area (Å²) in [7, 11) is 0.847. The molecule has 0 bridgehead atoms. The first-order valence-electron chi connectivity index (χ1n) is 1.94. The Morgan fingerprint density at radius 3 is 1.80 bits per heavy atom. The molecule has 32 valence electrons. The lowest BCUT2D eigenvalue weighted by Crippen LogP contribution is -2.23. The maximum absolute atomic E-state index is 3.31. The van der Waals surface area contributed by atoms with Crippen LogP contribution in [0.5, 0.6) is 0 Å². The van der Waals surface area contributed by atoms with Crippen molar-refractivity contribution in [3.05, 3.63) is 0 Å². The summed E-state index contributed by atoms with van der Waals surface area (Å²) in [6.07, 6.45) is 0. The number of hydrogen-bond acceptors (Lipinski definition) is 1. The summed E-state index contributed by atoms with van der Waals surface area (Å²) in [6.45, 7) is 4.57. The average Bonchev–Trinajstić information content (AvgIpc) is 1.38.